The van der Waals surface area contributed by atoms with Crippen LogP contribution < -0.4 is 10.5 Å². The average Bonchev–Trinajstić information content (AvgIpc) is 2.88. The van der Waals surface area contributed by atoms with E-state index in [1.54, 1.807) is 12.1 Å². The maximum absolute atomic E-state index is 12.3. The molecule has 0 atom stereocenters. The molecule has 1 heterocycles. The van der Waals surface area contributed by atoms with E-state index < -0.39 is 41.4 Å². The van der Waals surface area contributed by atoms with Gasteiger partial charge in [0.2, 0.25) is 0 Å². The van der Waals surface area contributed by atoms with E-state index in [1.165, 1.54) is 54.7 Å². The van der Waals surface area contributed by atoms with Crippen molar-refractivity contribution >= 4 is 33.2 Å². The van der Waals surface area contributed by atoms with Crippen LogP contribution >= 0.6 is 0 Å². The van der Waals surface area contributed by atoms with Crippen LogP contribution in [0.3, 0.4) is 0 Å². The van der Waals surface area contributed by atoms with Crippen molar-refractivity contribution in [3.05, 3.63) is 72.4 Å². The van der Waals surface area contributed by atoms with Crippen molar-refractivity contribution in [2.75, 3.05) is 24.5 Å². The third-order valence-corrected chi connectivity index (χ3v) is 5.86. The molecule has 14 heteroatoms. The molecule has 0 aliphatic carbocycles. The number of azo groups is 1. The zero-order valence-electron chi connectivity index (χ0n) is 18.8. The van der Waals surface area contributed by atoms with E-state index >= 15 is 0 Å². The second-order valence-electron chi connectivity index (χ2n) is 7.36. The van der Waals surface area contributed by atoms with E-state index in [0.717, 1.165) is 0 Å². The predicted molar refractivity (Wildman–Crippen MR) is 129 cm³/mol. The van der Waals surface area contributed by atoms with E-state index in [-0.39, 0.29) is 27.7 Å². The first-order valence-electron chi connectivity index (χ1n) is 10.2. The molecule has 3 rings (SSSR count). The monoisotopic (exact) mass is 519 g/mol. The molecule has 0 spiro atoms. The Hall–Kier alpha value is -3.95. The van der Waals surface area contributed by atoms with Gasteiger partial charge in [-0.1, -0.05) is 6.07 Å². The first-order valence-corrected chi connectivity index (χ1v) is 11.7. The lowest BCUT2D eigenvalue weighted by atomic mass is 10.1. The second-order valence-corrected chi connectivity index (χ2v) is 9.04. The Morgan fingerprint density at radius 1 is 0.944 bits per heavy atom. The predicted octanol–water partition coefficient (Wildman–Crippen LogP) is 1.36. The van der Waals surface area contributed by atoms with Gasteiger partial charge in [-0.05, 0) is 54.6 Å². The number of hydrogen-bond donors (Lipinski definition) is 7. The van der Waals surface area contributed by atoms with Crippen molar-refractivity contribution in [1.82, 2.24) is 4.98 Å². The highest BCUT2D eigenvalue weighted by Crippen LogP contribution is 2.26. The first-order chi connectivity index (χ1) is 17.0. The fourth-order valence-electron chi connectivity index (χ4n) is 2.33. The van der Waals surface area contributed by atoms with E-state index in [1.807, 2.05) is 0 Å². The van der Waals surface area contributed by atoms with Crippen molar-refractivity contribution in [1.29, 1.82) is 0 Å². The Kier molecular flexibility index (Phi) is 9.95. The average molecular weight is 520 g/mol. The van der Waals surface area contributed by atoms with Crippen LogP contribution in [0.5, 0.6) is 5.75 Å². The van der Waals surface area contributed by atoms with Gasteiger partial charge in [0, 0.05) is 6.20 Å². The SMILES string of the molecule is NC(CO)(CO)CO.O=C(O)c1cc(N=Nc2ccc(S(=O)(=O)Nc3ccccn3)cc2)ccc1O. The molecule has 0 amide bonds. The lowest BCUT2D eigenvalue weighted by Gasteiger charge is -2.20. The number of rotatable bonds is 9. The molecule has 0 radical (unpaired) electrons. The number of hydrogen-bond acceptors (Lipinski definition) is 11. The zero-order chi connectivity index (χ0) is 26.8. The van der Waals surface area contributed by atoms with Crippen molar-refractivity contribution in [2.45, 2.75) is 10.4 Å². The van der Waals surface area contributed by atoms with E-state index in [9.17, 15) is 18.3 Å². The number of nitrogens with zero attached hydrogens (tertiary/aromatic N) is 3. The van der Waals surface area contributed by atoms with Crippen LogP contribution in [-0.4, -0.2) is 70.3 Å². The largest absolute Gasteiger partial charge is 0.507 e. The van der Waals surface area contributed by atoms with Gasteiger partial charge in [-0.2, -0.15) is 10.2 Å². The Bertz CT molecular complexity index is 1270. The molecule has 0 aliphatic rings. The highest BCUT2D eigenvalue weighted by molar-refractivity contribution is 7.92. The van der Waals surface area contributed by atoms with Crippen LogP contribution in [0.2, 0.25) is 0 Å². The van der Waals surface area contributed by atoms with Crippen LogP contribution in [0.15, 0.2) is 82.0 Å². The minimum atomic E-state index is -3.79. The molecule has 36 heavy (non-hydrogen) atoms. The summed E-state index contributed by atoms with van der Waals surface area (Å²) >= 11 is 0. The van der Waals surface area contributed by atoms with Crippen molar-refractivity contribution in [3.8, 4) is 5.75 Å². The number of aromatic nitrogens is 1. The topological polar surface area (TPSA) is 228 Å². The summed E-state index contributed by atoms with van der Waals surface area (Å²) in [5.74, 6) is -1.46. The van der Waals surface area contributed by atoms with Crippen LogP contribution in [0.25, 0.3) is 0 Å². The van der Waals surface area contributed by atoms with Gasteiger partial charge in [0.1, 0.15) is 17.1 Å². The zero-order valence-corrected chi connectivity index (χ0v) is 19.6. The number of anilines is 1. The lowest BCUT2D eigenvalue weighted by Crippen LogP contribution is -2.50. The summed E-state index contributed by atoms with van der Waals surface area (Å²) in [5, 5.41) is 51.3. The molecule has 0 saturated carbocycles. The minimum absolute atomic E-state index is 0.0231. The number of aromatic hydroxyl groups is 1. The highest BCUT2D eigenvalue weighted by atomic mass is 32.2. The maximum Gasteiger partial charge on any atom is 0.339 e. The molecule has 0 aliphatic heterocycles. The summed E-state index contributed by atoms with van der Waals surface area (Å²) in [4.78, 5) is 14.9. The molecule has 192 valence electrons. The third kappa shape index (κ3) is 8.07. The van der Waals surface area contributed by atoms with Gasteiger partial charge in [0.15, 0.2) is 0 Å². The van der Waals surface area contributed by atoms with Crippen LogP contribution in [0, 0.1) is 0 Å². The van der Waals surface area contributed by atoms with Crippen LogP contribution in [0.1, 0.15) is 10.4 Å². The van der Waals surface area contributed by atoms with E-state index in [0.29, 0.717) is 5.69 Å². The van der Waals surface area contributed by atoms with Gasteiger partial charge >= 0.3 is 5.97 Å². The Morgan fingerprint density at radius 3 is 2.03 bits per heavy atom. The van der Waals surface area contributed by atoms with Crippen LogP contribution in [-0.2, 0) is 10.0 Å². The molecule has 0 unspecified atom stereocenters. The summed E-state index contributed by atoms with van der Waals surface area (Å²) in [6.45, 7) is -1.21. The van der Waals surface area contributed by atoms with E-state index in [2.05, 4.69) is 19.9 Å². The number of pyridine rings is 1. The minimum Gasteiger partial charge on any atom is -0.507 e. The van der Waals surface area contributed by atoms with E-state index in [4.69, 9.17) is 26.2 Å². The summed E-state index contributed by atoms with van der Waals surface area (Å²) in [6.07, 6.45) is 1.47. The molecule has 2 aromatic carbocycles. The molecular formula is C22H25N5O8S. The number of aliphatic hydroxyl groups is 3. The lowest BCUT2D eigenvalue weighted by molar-refractivity contribution is 0.0690. The number of carboxylic acids is 1. The number of nitrogens with one attached hydrogen (secondary N) is 1. The number of sulfonamides is 1. The first kappa shape index (κ1) is 28.3. The number of carboxylic acid groups (broad SMARTS) is 1. The number of carbonyl (C=O) groups is 1. The summed E-state index contributed by atoms with van der Waals surface area (Å²) in [6, 6.07) is 14.3. The van der Waals surface area contributed by atoms with Gasteiger partial charge in [-0.3, -0.25) is 4.72 Å². The van der Waals surface area contributed by atoms with Crippen LogP contribution in [0.4, 0.5) is 17.2 Å². The molecule has 8 N–H and O–H groups in total. The van der Waals surface area contributed by atoms with Crippen molar-refractivity contribution < 1.29 is 38.7 Å². The normalized spacial score (nSPS) is 11.6. The molecule has 0 bridgehead atoms. The van der Waals surface area contributed by atoms with Gasteiger partial charge in [0.05, 0.1) is 41.6 Å². The maximum atomic E-state index is 12.3. The number of nitrogens with two attached hydrogens (primary N) is 1. The molecule has 0 saturated heterocycles. The smallest absolute Gasteiger partial charge is 0.339 e. The van der Waals surface area contributed by atoms with Gasteiger partial charge in [0.25, 0.3) is 10.0 Å². The Balaban J connectivity index is 0.000000493. The Morgan fingerprint density at radius 2 is 1.53 bits per heavy atom. The summed E-state index contributed by atoms with van der Waals surface area (Å²) < 4.78 is 27.0. The van der Waals surface area contributed by atoms with Gasteiger partial charge in [-0.25, -0.2) is 18.2 Å². The van der Waals surface area contributed by atoms with Gasteiger partial charge in [-0.15, -0.1) is 0 Å². The number of aliphatic hydroxyl groups excluding tert-OH is 3. The molecular weight excluding hydrogens is 494 g/mol. The molecule has 1 aromatic heterocycles. The summed E-state index contributed by atoms with van der Waals surface area (Å²) in [5.41, 5.74) is 4.23. The van der Waals surface area contributed by atoms with Crippen molar-refractivity contribution in [2.24, 2.45) is 16.0 Å². The van der Waals surface area contributed by atoms with Crippen molar-refractivity contribution in [3.63, 3.8) is 0 Å². The number of phenols is 1. The van der Waals surface area contributed by atoms with Gasteiger partial charge < -0.3 is 31.3 Å². The molecule has 3 aromatic rings. The third-order valence-electron chi connectivity index (χ3n) is 4.49. The highest BCUT2D eigenvalue weighted by Gasteiger charge is 2.20. The standard InChI is InChI=1S/C18H14N4O5S.C4H11NO3/c23-16-9-6-13(11-15(16)18(24)25)21-20-12-4-7-14(8-5-12)28(26,27)22-17-3-1-2-10-19-17;5-4(1-6,2-7)3-8/h1-11,23H,(H,19,22)(H,24,25);6-8H,1-3,5H2. The number of benzene rings is 2. The fraction of sp³-hybridized carbons (Fsp3) is 0.182. The molecule has 0 fully saturated rings. The molecule has 13 nitrogen and oxygen atoms in total. The quantitative estimate of drug-likeness (QED) is 0.201. The fourth-order valence-corrected chi connectivity index (χ4v) is 3.34. The Labute approximate surface area is 206 Å². The summed E-state index contributed by atoms with van der Waals surface area (Å²) in [7, 11) is -3.79. The number of aromatic carboxylic acids is 1. The second kappa shape index (κ2) is 12.7.